The van der Waals surface area contributed by atoms with Crippen LogP contribution in [0.1, 0.15) is 51.2 Å². The number of rotatable bonds is 7. The molecule has 1 rings (SSSR count). The van der Waals surface area contributed by atoms with E-state index in [0.29, 0.717) is 18.9 Å². The minimum Gasteiger partial charge on any atom is -0.493 e. The predicted molar refractivity (Wildman–Crippen MR) is 83.1 cm³/mol. The van der Waals surface area contributed by atoms with Crippen molar-refractivity contribution in [3.63, 3.8) is 0 Å². The number of nitriles is 1. The summed E-state index contributed by atoms with van der Waals surface area (Å²) < 4.78 is 5.93. The second-order valence-corrected chi connectivity index (χ2v) is 5.77. The summed E-state index contributed by atoms with van der Waals surface area (Å²) in [5.74, 6) is 1.37. The first-order valence-corrected chi connectivity index (χ1v) is 7.31. The van der Waals surface area contributed by atoms with Crippen LogP contribution in [-0.2, 0) is 0 Å². The molecule has 1 aromatic rings. The number of hydrogen-bond donors (Lipinski definition) is 1. The Hall–Kier alpha value is -1.53. The van der Waals surface area contributed by atoms with Gasteiger partial charge < -0.3 is 4.74 Å². The molecule has 3 heteroatoms. The van der Waals surface area contributed by atoms with E-state index >= 15 is 0 Å². The van der Waals surface area contributed by atoms with Crippen LogP contribution in [0, 0.1) is 18.3 Å². The molecule has 0 aliphatic heterocycles. The van der Waals surface area contributed by atoms with Gasteiger partial charge in [0.2, 0.25) is 0 Å². The second-order valence-electron chi connectivity index (χ2n) is 5.77. The highest BCUT2D eigenvalue weighted by Gasteiger charge is 2.22. The van der Waals surface area contributed by atoms with Crippen molar-refractivity contribution in [2.75, 3.05) is 13.2 Å². The van der Waals surface area contributed by atoms with Crippen LogP contribution in [0.5, 0.6) is 5.75 Å². The van der Waals surface area contributed by atoms with Crippen LogP contribution in [0.25, 0.3) is 0 Å². The molecule has 0 bridgehead atoms. The van der Waals surface area contributed by atoms with Gasteiger partial charge >= 0.3 is 0 Å². The Morgan fingerprint density at radius 1 is 1.40 bits per heavy atom. The van der Waals surface area contributed by atoms with Gasteiger partial charge in [0.05, 0.1) is 12.7 Å². The van der Waals surface area contributed by atoms with Crippen molar-refractivity contribution in [2.24, 2.45) is 0 Å². The van der Waals surface area contributed by atoms with Crippen LogP contribution in [-0.4, -0.2) is 18.7 Å². The topological polar surface area (TPSA) is 45.0 Å². The molecule has 0 saturated carbocycles. The first kappa shape index (κ1) is 16.5. The van der Waals surface area contributed by atoms with Crippen LogP contribution in [0.4, 0.5) is 0 Å². The Bertz CT molecular complexity index is 476. The molecule has 1 atom stereocenters. The van der Waals surface area contributed by atoms with E-state index in [0.717, 1.165) is 12.3 Å². The maximum atomic E-state index is 9.23. The maximum absolute atomic E-state index is 9.23. The van der Waals surface area contributed by atoms with Gasteiger partial charge in [-0.25, -0.2) is 0 Å². The van der Waals surface area contributed by atoms with Crippen molar-refractivity contribution in [1.82, 2.24) is 5.32 Å². The zero-order chi connectivity index (χ0) is 15.2. The zero-order valence-corrected chi connectivity index (χ0v) is 13.3. The van der Waals surface area contributed by atoms with Crippen LogP contribution in [0.15, 0.2) is 18.2 Å². The summed E-state index contributed by atoms with van der Waals surface area (Å²) in [6.45, 7) is 11.6. The molecular formula is C17H26N2O. The molecule has 1 aromatic carbocycles. The van der Waals surface area contributed by atoms with E-state index in [1.165, 1.54) is 11.1 Å². The lowest BCUT2D eigenvalue weighted by Gasteiger charge is -2.23. The molecule has 0 amide bonds. The SMILES string of the molecule is CCNC(C)(C#N)CCOc1cc(C)ccc1C(C)C. The van der Waals surface area contributed by atoms with Crippen molar-refractivity contribution in [3.8, 4) is 11.8 Å². The fraction of sp³-hybridized carbons (Fsp3) is 0.588. The fourth-order valence-electron chi connectivity index (χ4n) is 2.18. The molecule has 0 saturated heterocycles. The molecule has 0 aliphatic rings. The van der Waals surface area contributed by atoms with Gasteiger partial charge in [-0.1, -0.05) is 32.9 Å². The summed E-state index contributed by atoms with van der Waals surface area (Å²) in [4.78, 5) is 0. The molecular weight excluding hydrogens is 248 g/mol. The smallest absolute Gasteiger partial charge is 0.123 e. The lowest BCUT2D eigenvalue weighted by molar-refractivity contribution is 0.266. The van der Waals surface area contributed by atoms with Crippen LogP contribution < -0.4 is 10.1 Å². The third kappa shape index (κ3) is 4.54. The van der Waals surface area contributed by atoms with E-state index in [9.17, 15) is 5.26 Å². The number of nitrogens with zero attached hydrogens (tertiary/aromatic N) is 1. The third-order valence-electron chi connectivity index (χ3n) is 3.46. The molecule has 1 N–H and O–H groups in total. The number of hydrogen-bond acceptors (Lipinski definition) is 3. The standard InChI is InChI=1S/C17H26N2O/c1-6-19-17(5,12-18)9-10-20-16-11-14(4)7-8-15(16)13(2)3/h7-8,11,13,19H,6,9-10H2,1-5H3. The molecule has 1 unspecified atom stereocenters. The van der Waals surface area contributed by atoms with E-state index in [1.54, 1.807) is 0 Å². The van der Waals surface area contributed by atoms with Crippen LogP contribution in [0.3, 0.4) is 0 Å². The maximum Gasteiger partial charge on any atom is 0.123 e. The Morgan fingerprint density at radius 3 is 2.65 bits per heavy atom. The van der Waals surface area contributed by atoms with Crippen molar-refractivity contribution >= 4 is 0 Å². The summed E-state index contributed by atoms with van der Waals surface area (Å²) in [5, 5.41) is 12.4. The second kappa shape index (κ2) is 7.31. The van der Waals surface area contributed by atoms with Crippen LogP contribution >= 0.6 is 0 Å². The highest BCUT2D eigenvalue weighted by Crippen LogP contribution is 2.27. The molecule has 0 spiro atoms. The highest BCUT2D eigenvalue weighted by molar-refractivity contribution is 5.39. The lowest BCUT2D eigenvalue weighted by atomic mass is 9.99. The van der Waals surface area contributed by atoms with E-state index in [2.05, 4.69) is 50.4 Å². The molecule has 20 heavy (non-hydrogen) atoms. The van der Waals surface area contributed by atoms with E-state index < -0.39 is 5.54 Å². The zero-order valence-electron chi connectivity index (χ0n) is 13.3. The van der Waals surface area contributed by atoms with E-state index in [4.69, 9.17) is 4.74 Å². The average molecular weight is 274 g/mol. The minimum absolute atomic E-state index is 0.432. The molecule has 0 aliphatic carbocycles. The Labute approximate surface area is 123 Å². The molecule has 0 heterocycles. The van der Waals surface area contributed by atoms with Gasteiger partial charge in [0.1, 0.15) is 11.3 Å². The summed E-state index contributed by atoms with van der Waals surface area (Å²) in [6.07, 6.45) is 0.669. The third-order valence-corrected chi connectivity index (χ3v) is 3.46. The van der Waals surface area contributed by atoms with Crippen molar-refractivity contribution in [3.05, 3.63) is 29.3 Å². The van der Waals surface area contributed by atoms with Gasteiger partial charge in [0.15, 0.2) is 0 Å². The first-order chi connectivity index (χ1) is 9.41. The first-order valence-electron chi connectivity index (χ1n) is 7.31. The molecule has 0 aromatic heterocycles. The highest BCUT2D eigenvalue weighted by atomic mass is 16.5. The summed E-state index contributed by atoms with van der Waals surface area (Å²) in [6, 6.07) is 8.64. The lowest BCUT2D eigenvalue weighted by Crippen LogP contribution is -2.42. The van der Waals surface area contributed by atoms with Gasteiger partial charge in [-0.3, -0.25) is 5.32 Å². The summed E-state index contributed by atoms with van der Waals surface area (Å²) in [5.41, 5.74) is 1.90. The number of ether oxygens (including phenoxy) is 1. The Morgan fingerprint density at radius 2 is 2.10 bits per heavy atom. The Kier molecular flexibility index (Phi) is 6.04. The monoisotopic (exact) mass is 274 g/mol. The minimum atomic E-state index is -0.517. The summed E-state index contributed by atoms with van der Waals surface area (Å²) in [7, 11) is 0. The molecule has 110 valence electrons. The number of nitrogens with one attached hydrogen (secondary N) is 1. The van der Waals surface area contributed by atoms with Gasteiger partial charge in [0, 0.05) is 6.42 Å². The van der Waals surface area contributed by atoms with E-state index in [-0.39, 0.29) is 0 Å². The Balaban J connectivity index is 2.71. The number of aryl methyl sites for hydroxylation is 1. The van der Waals surface area contributed by atoms with E-state index in [1.807, 2.05) is 13.8 Å². The average Bonchev–Trinajstić information content (AvgIpc) is 2.38. The predicted octanol–water partition coefficient (Wildman–Crippen LogP) is 3.78. The van der Waals surface area contributed by atoms with Crippen molar-refractivity contribution in [1.29, 1.82) is 5.26 Å². The summed E-state index contributed by atoms with van der Waals surface area (Å²) >= 11 is 0. The molecule has 3 nitrogen and oxygen atoms in total. The van der Waals surface area contributed by atoms with Gasteiger partial charge in [-0.2, -0.15) is 5.26 Å². The van der Waals surface area contributed by atoms with Gasteiger partial charge in [-0.05, 0) is 43.5 Å². The van der Waals surface area contributed by atoms with Crippen LogP contribution in [0.2, 0.25) is 0 Å². The van der Waals surface area contributed by atoms with Crippen molar-refractivity contribution in [2.45, 2.75) is 52.5 Å². The quantitative estimate of drug-likeness (QED) is 0.823. The van der Waals surface area contributed by atoms with Gasteiger partial charge in [-0.15, -0.1) is 0 Å². The fourth-order valence-corrected chi connectivity index (χ4v) is 2.18. The normalized spacial score (nSPS) is 13.8. The van der Waals surface area contributed by atoms with Gasteiger partial charge in [0.25, 0.3) is 0 Å². The molecule has 0 radical (unpaired) electrons. The molecule has 0 fully saturated rings. The largest absolute Gasteiger partial charge is 0.493 e. The number of benzene rings is 1. The van der Waals surface area contributed by atoms with Crippen molar-refractivity contribution < 1.29 is 4.74 Å².